The number of aromatic nitrogens is 4. The summed E-state index contributed by atoms with van der Waals surface area (Å²) < 4.78 is 39.8. The first-order chi connectivity index (χ1) is 11.7. The fourth-order valence-corrected chi connectivity index (χ4v) is 2.58. The molecule has 0 aliphatic heterocycles. The number of benzene rings is 1. The lowest BCUT2D eigenvalue weighted by Crippen LogP contribution is -2.26. The van der Waals surface area contributed by atoms with Gasteiger partial charge in [0.25, 0.3) is 5.91 Å². The number of rotatable bonds is 3. The summed E-state index contributed by atoms with van der Waals surface area (Å²) in [6, 6.07) is 3.90. The number of carbonyl (C=O) groups excluding carboxylic acids is 1. The van der Waals surface area contributed by atoms with Crippen LogP contribution >= 0.6 is 0 Å². The van der Waals surface area contributed by atoms with Crippen LogP contribution in [0.5, 0.6) is 0 Å². The Balaban J connectivity index is 1.83. The van der Waals surface area contributed by atoms with Gasteiger partial charge in [-0.1, -0.05) is 0 Å². The van der Waals surface area contributed by atoms with Crippen LogP contribution in [0.1, 0.15) is 40.4 Å². The highest BCUT2D eigenvalue weighted by Crippen LogP contribution is 2.28. The number of hydrogen-bond donors (Lipinski definition) is 2. The second-order valence-electron chi connectivity index (χ2n) is 5.82. The highest BCUT2D eigenvalue weighted by Gasteiger charge is 2.34. The zero-order valence-corrected chi connectivity index (χ0v) is 13.8. The number of H-pyrrole nitrogens is 1. The number of aryl methyl sites for hydroxylation is 1. The lowest BCUT2D eigenvalue weighted by Gasteiger charge is -2.13. The van der Waals surface area contributed by atoms with Crippen molar-refractivity contribution in [3.05, 3.63) is 47.0 Å². The van der Waals surface area contributed by atoms with Crippen LogP contribution in [-0.4, -0.2) is 25.7 Å². The van der Waals surface area contributed by atoms with Crippen molar-refractivity contribution in [3.8, 4) is 0 Å². The van der Waals surface area contributed by atoms with Crippen LogP contribution in [0.2, 0.25) is 0 Å². The third-order valence-corrected chi connectivity index (χ3v) is 4.10. The van der Waals surface area contributed by atoms with E-state index in [2.05, 4.69) is 20.4 Å². The van der Waals surface area contributed by atoms with Crippen LogP contribution < -0.4 is 5.32 Å². The Morgan fingerprint density at radius 3 is 2.68 bits per heavy atom. The quantitative estimate of drug-likeness (QED) is 0.761. The van der Waals surface area contributed by atoms with Gasteiger partial charge in [0.15, 0.2) is 0 Å². The van der Waals surface area contributed by atoms with E-state index < -0.39 is 12.0 Å². The van der Waals surface area contributed by atoms with E-state index in [4.69, 9.17) is 0 Å². The first-order valence-electron chi connectivity index (χ1n) is 7.53. The van der Waals surface area contributed by atoms with Crippen LogP contribution in [0.25, 0.3) is 11.0 Å². The smallest absolute Gasteiger partial charge is 0.345 e. The van der Waals surface area contributed by atoms with E-state index in [1.807, 2.05) is 13.8 Å². The molecule has 0 radical (unpaired) electrons. The van der Waals surface area contributed by atoms with Gasteiger partial charge in [0.1, 0.15) is 0 Å². The van der Waals surface area contributed by atoms with Crippen molar-refractivity contribution in [2.24, 2.45) is 7.05 Å². The van der Waals surface area contributed by atoms with Gasteiger partial charge in [-0.15, -0.1) is 0 Å². The largest absolute Gasteiger partial charge is 0.449 e. The van der Waals surface area contributed by atoms with Gasteiger partial charge in [0, 0.05) is 23.9 Å². The Morgan fingerprint density at radius 1 is 1.36 bits per heavy atom. The summed E-state index contributed by atoms with van der Waals surface area (Å²) in [5.41, 5.74) is 2.35. The van der Waals surface area contributed by atoms with Gasteiger partial charge in [-0.3, -0.25) is 9.48 Å². The highest BCUT2D eigenvalue weighted by molar-refractivity contribution is 5.97. The Bertz CT molecular complexity index is 941. The van der Waals surface area contributed by atoms with Gasteiger partial charge >= 0.3 is 6.18 Å². The van der Waals surface area contributed by atoms with E-state index >= 15 is 0 Å². The topological polar surface area (TPSA) is 75.6 Å². The van der Waals surface area contributed by atoms with Crippen LogP contribution in [0.15, 0.2) is 24.4 Å². The summed E-state index contributed by atoms with van der Waals surface area (Å²) in [6.07, 6.45) is -2.89. The molecule has 2 N–H and O–H groups in total. The third-order valence-electron chi connectivity index (χ3n) is 4.10. The van der Waals surface area contributed by atoms with Crippen LogP contribution in [0.4, 0.5) is 13.2 Å². The Morgan fingerprint density at radius 2 is 2.08 bits per heavy atom. The molecule has 3 aromatic rings. The lowest BCUT2D eigenvalue weighted by atomic mass is 10.1. The number of fused-ring (bicyclic) bond motifs is 1. The van der Waals surface area contributed by atoms with Crippen LogP contribution in [-0.2, 0) is 13.2 Å². The Labute approximate surface area is 141 Å². The molecule has 6 nitrogen and oxygen atoms in total. The molecule has 0 fully saturated rings. The van der Waals surface area contributed by atoms with E-state index in [0.717, 1.165) is 11.3 Å². The van der Waals surface area contributed by atoms with Crippen molar-refractivity contribution in [3.63, 3.8) is 0 Å². The standard InChI is InChI=1S/C16H16F3N5O/c1-8(11-7-20-24(3)9(11)2)21-14(25)10-4-5-12-13(6-10)23-15(22-12)16(17,18)19/h4-8H,1-3H3,(H,21,25)(H,22,23)/t8-/m1/s1. The molecule has 25 heavy (non-hydrogen) atoms. The maximum Gasteiger partial charge on any atom is 0.449 e. The summed E-state index contributed by atoms with van der Waals surface area (Å²) in [4.78, 5) is 18.1. The SMILES string of the molecule is Cc1c([C@@H](C)NC(=O)c2ccc3nc(C(F)(F)F)[nH]c3c2)cnn1C. The minimum Gasteiger partial charge on any atom is -0.345 e. The molecule has 0 bridgehead atoms. The van der Waals surface area contributed by atoms with Gasteiger partial charge in [-0.05, 0) is 32.0 Å². The summed E-state index contributed by atoms with van der Waals surface area (Å²) >= 11 is 0. The van der Waals surface area contributed by atoms with Gasteiger partial charge < -0.3 is 10.3 Å². The van der Waals surface area contributed by atoms with Crippen LogP contribution in [0.3, 0.4) is 0 Å². The van der Waals surface area contributed by atoms with E-state index in [-0.39, 0.29) is 28.5 Å². The minimum atomic E-state index is -4.56. The third kappa shape index (κ3) is 3.21. The average Bonchev–Trinajstić information content (AvgIpc) is 3.10. The molecule has 0 aliphatic rings. The summed E-state index contributed by atoms with van der Waals surface area (Å²) in [5.74, 6) is -1.47. The van der Waals surface area contributed by atoms with E-state index in [9.17, 15) is 18.0 Å². The molecule has 0 saturated carbocycles. The minimum absolute atomic E-state index is 0.153. The van der Waals surface area contributed by atoms with E-state index in [1.54, 1.807) is 17.9 Å². The molecule has 2 aromatic heterocycles. The van der Waals surface area contributed by atoms with Crippen molar-refractivity contribution in [2.45, 2.75) is 26.1 Å². The maximum absolute atomic E-state index is 12.7. The first-order valence-corrected chi connectivity index (χ1v) is 7.53. The van der Waals surface area contributed by atoms with Crippen molar-refractivity contribution in [1.29, 1.82) is 0 Å². The van der Waals surface area contributed by atoms with Crippen molar-refractivity contribution in [2.75, 3.05) is 0 Å². The molecule has 2 heterocycles. The molecule has 0 spiro atoms. The number of nitrogens with one attached hydrogen (secondary N) is 2. The van der Waals surface area contributed by atoms with Gasteiger partial charge in [-0.2, -0.15) is 18.3 Å². The van der Waals surface area contributed by atoms with Crippen molar-refractivity contribution >= 4 is 16.9 Å². The molecule has 1 aromatic carbocycles. The van der Waals surface area contributed by atoms with E-state index in [0.29, 0.717) is 0 Å². The molecule has 9 heteroatoms. The molecular weight excluding hydrogens is 335 g/mol. The summed E-state index contributed by atoms with van der Waals surface area (Å²) in [6.45, 7) is 3.71. The fraction of sp³-hybridized carbons (Fsp3) is 0.312. The van der Waals surface area contributed by atoms with E-state index in [1.165, 1.54) is 18.2 Å². The predicted molar refractivity (Wildman–Crippen MR) is 84.9 cm³/mol. The first kappa shape index (κ1) is 17.0. The number of hydrogen-bond acceptors (Lipinski definition) is 3. The molecule has 0 saturated heterocycles. The molecule has 3 rings (SSSR count). The zero-order valence-electron chi connectivity index (χ0n) is 13.8. The average molecular weight is 351 g/mol. The summed E-state index contributed by atoms with van der Waals surface area (Å²) in [5, 5.41) is 6.95. The van der Waals surface area contributed by atoms with Gasteiger partial charge in [-0.25, -0.2) is 4.98 Å². The monoisotopic (exact) mass is 351 g/mol. The predicted octanol–water partition coefficient (Wildman–Crippen LogP) is 3.11. The van der Waals surface area contributed by atoms with Crippen LogP contribution in [0, 0.1) is 6.92 Å². The normalized spacial score (nSPS) is 13.2. The molecule has 132 valence electrons. The number of alkyl halides is 3. The van der Waals surface area contributed by atoms with Gasteiger partial charge in [0.05, 0.1) is 23.3 Å². The highest BCUT2D eigenvalue weighted by atomic mass is 19.4. The van der Waals surface area contributed by atoms with Crippen molar-refractivity contribution in [1.82, 2.24) is 25.1 Å². The van der Waals surface area contributed by atoms with Gasteiger partial charge in [0.2, 0.25) is 5.82 Å². The number of carbonyl (C=O) groups is 1. The molecule has 0 unspecified atom stereocenters. The second-order valence-corrected chi connectivity index (χ2v) is 5.82. The Kier molecular flexibility index (Phi) is 4.02. The molecule has 1 amide bonds. The number of amides is 1. The zero-order chi connectivity index (χ0) is 18.4. The molecular formula is C16H16F3N5O. The second kappa shape index (κ2) is 5.91. The number of halogens is 3. The summed E-state index contributed by atoms with van der Waals surface area (Å²) in [7, 11) is 1.80. The molecule has 0 aliphatic carbocycles. The Hall–Kier alpha value is -2.84. The fourth-order valence-electron chi connectivity index (χ4n) is 2.58. The molecule has 1 atom stereocenters. The number of imidazole rings is 1. The lowest BCUT2D eigenvalue weighted by molar-refractivity contribution is -0.144. The van der Waals surface area contributed by atoms with Crippen molar-refractivity contribution < 1.29 is 18.0 Å². The maximum atomic E-state index is 12.7. The number of aromatic amines is 1. The number of nitrogens with zero attached hydrogens (tertiary/aromatic N) is 3.